The molecule has 0 aromatic heterocycles. The van der Waals surface area contributed by atoms with Gasteiger partial charge in [0.05, 0.1) is 13.7 Å². The number of benzene rings is 1. The number of nitrogens with one attached hydrogen (secondary N) is 1. The molecule has 102 valence electrons. The van der Waals surface area contributed by atoms with E-state index in [1.807, 2.05) is 30.3 Å². The van der Waals surface area contributed by atoms with Crippen molar-refractivity contribution >= 4 is 12.1 Å². The third-order valence-corrected chi connectivity index (χ3v) is 2.67. The zero-order valence-corrected chi connectivity index (χ0v) is 10.5. The monoisotopic (exact) mass is 265 g/mol. The molecule has 0 saturated carbocycles. The molecule has 19 heavy (non-hydrogen) atoms. The molecular formula is C13H15NO5. The molecule has 1 aliphatic heterocycles. The summed E-state index contributed by atoms with van der Waals surface area (Å²) < 4.78 is 14.6. The normalized spacial score (nSPS) is 18.3. The quantitative estimate of drug-likeness (QED) is 0.631. The van der Waals surface area contributed by atoms with Crippen LogP contribution in [0.15, 0.2) is 30.3 Å². The molecule has 1 amide bonds. The number of alkyl carbamates (subject to hydrolysis) is 1. The standard InChI is InChI=1S/C13H15NO5/c1-17-12(15)11(10-8-18-10)14-13(16)19-7-9-5-3-2-4-6-9/h2-6,10-11H,7-8H2,1H3,(H,14,16)/t10-,11+/m1/s1. The number of hydrogen-bond donors (Lipinski definition) is 1. The van der Waals surface area contributed by atoms with Gasteiger partial charge in [0, 0.05) is 0 Å². The van der Waals surface area contributed by atoms with Crippen molar-refractivity contribution in [2.24, 2.45) is 0 Å². The molecular weight excluding hydrogens is 250 g/mol. The molecule has 0 aliphatic carbocycles. The van der Waals surface area contributed by atoms with Gasteiger partial charge in [-0.1, -0.05) is 30.3 Å². The SMILES string of the molecule is COC(=O)[C@@H](NC(=O)OCc1ccccc1)[C@H]1CO1. The van der Waals surface area contributed by atoms with Gasteiger partial charge in [0.1, 0.15) is 12.7 Å². The first-order valence-electron chi connectivity index (χ1n) is 5.87. The molecule has 6 nitrogen and oxygen atoms in total. The van der Waals surface area contributed by atoms with Crippen LogP contribution >= 0.6 is 0 Å². The Labute approximate surface area is 110 Å². The fourth-order valence-corrected chi connectivity index (χ4v) is 1.57. The Bertz CT molecular complexity index is 444. The van der Waals surface area contributed by atoms with Gasteiger partial charge in [-0.15, -0.1) is 0 Å². The first kappa shape index (κ1) is 13.4. The third-order valence-electron chi connectivity index (χ3n) is 2.67. The van der Waals surface area contributed by atoms with Gasteiger partial charge in [0.15, 0.2) is 6.04 Å². The molecule has 0 radical (unpaired) electrons. The maximum Gasteiger partial charge on any atom is 0.408 e. The van der Waals surface area contributed by atoms with Crippen molar-refractivity contribution in [2.45, 2.75) is 18.8 Å². The Kier molecular flexibility index (Phi) is 4.35. The average Bonchev–Trinajstić information content (AvgIpc) is 3.27. The summed E-state index contributed by atoms with van der Waals surface area (Å²) in [6.45, 7) is 0.574. The highest BCUT2D eigenvalue weighted by molar-refractivity contribution is 5.82. The maximum atomic E-state index is 11.6. The number of rotatable bonds is 5. The summed E-state index contributed by atoms with van der Waals surface area (Å²) >= 11 is 0. The minimum Gasteiger partial charge on any atom is -0.467 e. The zero-order chi connectivity index (χ0) is 13.7. The molecule has 1 heterocycles. The van der Waals surface area contributed by atoms with Crippen LogP contribution < -0.4 is 5.32 Å². The third kappa shape index (κ3) is 3.96. The van der Waals surface area contributed by atoms with E-state index in [4.69, 9.17) is 9.47 Å². The molecule has 0 spiro atoms. The van der Waals surface area contributed by atoms with E-state index in [-0.39, 0.29) is 12.7 Å². The molecule has 1 saturated heterocycles. The number of amides is 1. The van der Waals surface area contributed by atoms with Crippen molar-refractivity contribution in [2.75, 3.05) is 13.7 Å². The Balaban J connectivity index is 1.81. The van der Waals surface area contributed by atoms with E-state index in [2.05, 4.69) is 10.1 Å². The maximum absolute atomic E-state index is 11.6. The summed E-state index contributed by atoms with van der Waals surface area (Å²) in [5.74, 6) is -0.542. The average molecular weight is 265 g/mol. The predicted molar refractivity (Wildman–Crippen MR) is 65.3 cm³/mol. The van der Waals surface area contributed by atoms with Crippen LogP contribution in [0.3, 0.4) is 0 Å². The highest BCUT2D eigenvalue weighted by Gasteiger charge is 2.40. The summed E-state index contributed by atoms with van der Waals surface area (Å²) in [5.41, 5.74) is 0.870. The molecule has 2 rings (SSSR count). The fourth-order valence-electron chi connectivity index (χ4n) is 1.57. The van der Waals surface area contributed by atoms with Crippen molar-refractivity contribution < 1.29 is 23.8 Å². The first-order valence-corrected chi connectivity index (χ1v) is 5.87. The van der Waals surface area contributed by atoms with E-state index in [0.717, 1.165) is 5.56 Å². The van der Waals surface area contributed by atoms with E-state index >= 15 is 0 Å². The minimum absolute atomic E-state index is 0.145. The Hall–Kier alpha value is -2.08. The van der Waals surface area contributed by atoms with Crippen LogP contribution in [0.2, 0.25) is 0 Å². The highest BCUT2D eigenvalue weighted by atomic mass is 16.6. The van der Waals surface area contributed by atoms with E-state index in [9.17, 15) is 9.59 Å². The van der Waals surface area contributed by atoms with Gasteiger partial charge >= 0.3 is 12.1 Å². The Morgan fingerprint density at radius 2 is 2.11 bits per heavy atom. The van der Waals surface area contributed by atoms with Gasteiger partial charge in [-0.05, 0) is 5.56 Å². The lowest BCUT2D eigenvalue weighted by Crippen LogP contribution is -2.45. The number of hydrogen-bond acceptors (Lipinski definition) is 5. The van der Waals surface area contributed by atoms with Crippen molar-refractivity contribution in [3.8, 4) is 0 Å². The first-order chi connectivity index (χ1) is 9.20. The second-order valence-corrected chi connectivity index (χ2v) is 4.08. The molecule has 1 fully saturated rings. The Morgan fingerprint density at radius 3 is 2.68 bits per heavy atom. The molecule has 1 aromatic rings. The second kappa shape index (κ2) is 6.19. The molecule has 2 atom stereocenters. The fraction of sp³-hybridized carbons (Fsp3) is 0.385. The van der Waals surface area contributed by atoms with Crippen molar-refractivity contribution in [3.63, 3.8) is 0 Å². The summed E-state index contributed by atoms with van der Waals surface area (Å²) in [6.07, 6.45) is -0.994. The van der Waals surface area contributed by atoms with Gasteiger partial charge in [0.2, 0.25) is 0 Å². The minimum atomic E-state index is -0.812. The molecule has 1 aliphatic rings. The van der Waals surface area contributed by atoms with E-state index < -0.39 is 18.1 Å². The van der Waals surface area contributed by atoms with Gasteiger partial charge < -0.3 is 19.5 Å². The van der Waals surface area contributed by atoms with Crippen LogP contribution in [-0.4, -0.2) is 37.9 Å². The molecule has 0 bridgehead atoms. The van der Waals surface area contributed by atoms with Crippen LogP contribution in [0, 0.1) is 0 Å². The lowest BCUT2D eigenvalue weighted by atomic mass is 10.2. The molecule has 1 N–H and O–H groups in total. The number of epoxide rings is 1. The zero-order valence-electron chi connectivity index (χ0n) is 10.5. The topological polar surface area (TPSA) is 77.2 Å². The molecule has 6 heteroatoms. The van der Waals surface area contributed by atoms with E-state index in [1.165, 1.54) is 7.11 Å². The molecule has 0 unspecified atom stereocenters. The van der Waals surface area contributed by atoms with Gasteiger partial charge in [0.25, 0.3) is 0 Å². The van der Waals surface area contributed by atoms with Crippen LogP contribution in [0.1, 0.15) is 5.56 Å². The smallest absolute Gasteiger partial charge is 0.408 e. The number of carbonyl (C=O) groups excluding carboxylic acids is 2. The van der Waals surface area contributed by atoms with Crippen molar-refractivity contribution in [1.82, 2.24) is 5.32 Å². The summed E-state index contributed by atoms with van der Waals surface area (Å²) in [5, 5.41) is 2.44. The Morgan fingerprint density at radius 1 is 1.42 bits per heavy atom. The van der Waals surface area contributed by atoms with Crippen LogP contribution in [0.5, 0.6) is 0 Å². The van der Waals surface area contributed by atoms with Gasteiger partial charge in [-0.2, -0.15) is 0 Å². The summed E-state index contributed by atoms with van der Waals surface area (Å²) in [7, 11) is 1.26. The molecule has 1 aromatic carbocycles. The highest BCUT2D eigenvalue weighted by Crippen LogP contribution is 2.15. The van der Waals surface area contributed by atoms with E-state index in [0.29, 0.717) is 6.61 Å². The van der Waals surface area contributed by atoms with Crippen LogP contribution in [-0.2, 0) is 25.6 Å². The summed E-state index contributed by atoms with van der Waals surface area (Å²) in [6, 6.07) is 8.46. The number of carbonyl (C=O) groups is 2. The van der Waals surface area contributed by atoms with Gasteiger partial charge in [-0.3, -0.25) is 0 Å². The lowest BCUT2D eigenvalue weighted by Gasteiger charge is -2.14. The van der Waals surface area contributed by atoms with Crippen LogP contribution in [0.4, 0.5) is 4.79 Å². The summed E-state index contributed by atoms with van der Waals surface area (Å²) in [4.78, 5) is 23.0. The van der Waals surface area contributed by atoms with Gasteiger partial charge in [-0.25, -0.2) is 9.59 Å². The predicted octanol–water partition coefficient (Wildman–Crippen LogP) is 0.853. The van der Waals surface area contributed by atoms with Crippen molar-refractivity contribution in [3.05, 3.63) is 35.9 Å². The van der Waals surface area contributed by atoms with E-state index in [1.54, 1.807) is 0 Å². The number of methoxy groups -OCH3 is 1. The largest absolute Gasteiger partial charge is 0.467 e. The number of esters is 1. The van der Waals surface area contributed by atoms with Crippen molar-refractivity contribution in [1.29, 1.82) is 0 Å². The second-order valence-electron chi connectivity index (χ2n) is 4.08. The van der Waals surface area contributed by atoms with Crippen LogP contribution in [0.25, 0.3) is 0 Å². The number of ether oxygens (including phenoxy) is 3. The lowest BCUT2D eigenvalue weighted by molar-refractivity contribution is -0.143.